The van der Waals surface area contributed by atoms with Crippen molar-refractivity contribution in [1.82, 2.24) is 5.32 Å². The number of alkyl carbamates (subject to hydrolysis) is 1. The topological polar surface area (TPSA) is 92.7 Å². The lowest BCUT2D eigenvalue weighted by Crippen LogP contribution is -2.41. The molecule has 24 heavy (non-hydrogen) atoms. The summed E-state index contributed by atoms with van der Waals surface area (Å²) >= 11 is 0. The Balaban J connectivity index is 3.54. The van der Waals surface area contributed by atoms with Gasteiger partial charge in [-0.25, -0.2) is 4.79 Å². The fourth-order valence-corrected chi connectivity index (χ4v) is 2.41. The first-order chi connectivity index (χ1) is 11.5. The van der Waals surface area contributed by atoms with E-state index in [2.05, 4.69) is 12.2 Å². The highest BCUT2D eigenvalue weighted by Gasteiger charge is 2.20. The molecule has 140 valence electrons. The van der Waals surface area contributed by atoms with E-state index in [9.17, 15) is 14.4 Å². The van der Waals surface area contributed by atoms with Gasteiger partial charge in [-0.1, -0.05) is 64.7 Å². The first kappa shape index (κ1) is 22.4. The van der Waals surface area contributed by atoms with E-state index in [4.69, 9.17) is 9.84 Å². The molecule has 0 heterocycles. The number of ether oxygens (including phenoxy) is 1. The van der Waals surface area contributed by atoms with Crippen LogP contribution in [-0.2, 0) is 14.3 Å². The van der Waals surface area contributed by atoms with Crippen LogP contribution in [0.15, 0.2) is 0 Å². The van der Waals surface area contributed by atoms with Crippen LogP contribution in [0.2, 0.25) is 0 Å². The molecule has 1 unspecified atom stereocenters. The van der Waals surface area contributed by atoms with Crippen LogP contribution < -0.4 is 5.32 Å². The van der Waals surface area contributed by atoms with Gasteiger partial charge in [0.1, 0.15) is 6.04 Å². The highest BCUT2D eigenvalue weighted by molar-refractivity contribution is 5.88. The quantitative estimate of drug-likeness (QED) is 0.437. The Bertz CT molecular complexity index is 370. The van der Waals surface area contributed by atoms with Crippen molar-refractivity contribution in [3.63, 3.8) is 0 Å². The van der Waals surface area contributed by atoms with Crippen LogP contribution in [0.3, 0.4) is 0 Å². The molecule has 0 fully saturated rings. The number of amides is 1. The van der Waals surface area contributed by atoms with Gasteiger partial charge in [0.2, 0.25) is 0 Å². The summed E-state index contributed by atoms with van der Waals surface area (Å²) in [5.41, 5.74) is 0. The third kappa shape index (κ3) is 14.0. The van der Waals surface area contributed by atoms with E-state index in [0.717, 1.165) is 19.3 Å². The average molecular weight is 343 g/mol. The van der Waals surface area contributed by atoms with E-state index in [1.807, 2.05) is 0 Å². The van der Waals surface area contributed by atoms with E-state index in [0.29, 0.717) is 6.61 Å². The molecule has 6 heteroatoms. The smallest absolute Gasteiger partial charge is 0.407 e. The van der Waals surface area contributed by atoms with Crippen LogP contribution >= 0.6 is 0 Å². The van der Waals surface area contributed by atoms with Gasteiger partial charge in [-0.15, -0.1) is 0 Å². The Morgan fingerprint density at radius 1 is 0.917 bits per heavy atom. The Morgan fingerprint density at radius 2 is 1.42 bits per heavy atom. The van der Waals surface area contributed by atoms with E-state index < -0.39 is 30.3 Å². The van der Waals surface area contributed by atoms with Gasteiger partial charge in [0, 0.05) is 0 Å². The number of unbranched alkanes of at least 4 members (excludes halogenated alkanes) is 9. The SMILES string of the molecule is CCCCCCCCCCCCOC(=O)NC(CC(=O)O)C(C)=O. The molecule has 0 bridgehead atoms. The number of carboxylic acid groups (broad SMARTS) is 1. The van der Waals surface area contributed by atoms with E-state index in [1.54, 1.807) is 0 Å². The third-order valence-electron chi connectivity index (χ3n) is 3.89. The normalized spacial score (nSPS) is 11.8. The van der Waals surface area contributed by atoms with Crippen molar-refractivity contribution >= 4 is 17.8 Å². The van der Waals surface area contributed by atoms with Gasteiger partial charge >= 0.3 is 12.1 Å². The number of rotatable bonds is 15. The number of carbonyl (C=O) groups is 3. The number of carbonyl (C=O) groups excluding carboxylic acids is 2. The van der Waals surface area contributed by atoms with E-state index in [1.165, 1.54) is 51.9 Å². The van der Waals surface area contributed by atoms with Gasteiger partial charge in [-0.05, 0) is 13.3 Å². The first-order valence-electron chi connectivity index (χ1n) is 9.13. The van der Waals surface area contributed by atoms with Crippen molar-refractivity contribution in [3.8, 4) is 0 Å². The molecule has 6 nitrogen and oxygen atoms in total. The van der Waals surface area contributed by atoms with Gasteiger partial charge in [-0.2, -0.15) is 0 Å². The molecule has 0 aliphatic heterocycles. The molecular weight excluding hydrogens is 310 g/mol. The van der Waals surface area contributed by atoms with Crippen LogP contribution in [0, 0.1) is 0 Å². The molecule has 0 radical (unpaired) electrons. The molecule has 2 N–H and O–H groups in total. The van der Waals surface area contributed by atoms with Crippen LogP contribution in [0.1, 0.15) is 84.5 Å². The minimum absolute atomic E-state index is 0.292. The van der Waals surface area contributed by atoms with Gasteiger partial charge in [0.05, 0.1) is 13.0 Å². The maximum Gasteiger partial charge on any atom is 0.407 e. The molecule has 0 aliphatic rings. The zero-order valence-corrected chi connectivity index (χ0v) is 15.1. The Hall–Kier alpha value is -1.59. The molecule has 0 saturated heterocycles. The summed E-state index contributed by atoms with van der Waals surface area (Å²) in [6.07, 6.45) is 10.8. The Labute approximate surface area is 145 Å². The first-order valence-corrected chi connectivity index (χ1v) is 9.13. The van der Waals surface area contributed by atoms with Crippen molar-refractivity contribution in [2.24, 2.45) is 0 Å². The molecule has 0 aliphatic carbocycles. The standard InChI is InChI=1S/C18H33NO5/c1-3-4-5-6-7-8-9-10-11-12-13-24-18(23)19-16(15(2)20)14-17(21)22/h16H,3-14H2,1-2H3,(H,19,23)(H,21,22). The second-order valence-corrected chi connectivity index (χ2v) is 6.22. The predicted molar refractivity (Wildman–Crippen MR) is 93.0 cm³/mol. The summed E-state index contributed by atoms with van der Waals surface area (Å²) in [6, 6.07) is -1.03. The lowest BCUT2D eigenvalue weighted by molar-refractivity contribution is -0.139. The fraction of sp³-hybridized carbons (Fsp3) is 0.833. The molecule has 1 amide bonds. The molecule has 0 aromatic heterocycles. The number of nitrogens with one attached hydrogen (secondary N) is 1. The second-order valence-electron chi connectivity index (χ2n) is 6.22. The van der Waals surface area contributed by atoms with Gasteiger partial charge < -0.3 is 15.2 Å². The van der Waals surface area contributed by atoms with Crippen molar-refractivity contribution in [2.45, 2.75) is 90.5 Å². The van der Waals surface area contributed by atoms with E-state index >= 15 is 0 Å². The van der Waals surface area contributed by atoms with Gasteiger partial charge in [0.15, 0.2) is 5.78 Å². The zero-order valence-electron chi connectivity index (χ0n) is 15.1. The lowest BCUT2D eigenvalue weighted by atomic mass is 10.1. The highest BCUT2D eigenvalue weighted by atomic mass is 16.5. The molecule has 0 rings (SSSR count). The van der Waals surface area contributed by atoms with Gasteiger partial charge in [-0.3, -0.25) is 9.59 Å². The molecule has 1 atom stereocenters. The second kappa shape index (κ2) is 15.0. The van der Waals surface area contributed by atoms with E-state index in [-0.39, 0.29) is 0 Å². The van der Waals surface area contributed by atoms with Crippen molar-refractivity contribution in [3.05, 3.63) is 0 Å². The minimum Gasteiger partial charge on any atom is -0.481 e. The van der Waals surface area contributed by atoms with Crippen LogP contribution in [-0.4, -0.2) is 35.6 Å². The van der Waals surface area contributed by atoms with Crippen molar-refractivity contribution in [1.29, 1.82) is 0 Å². The minimum atomic E-state index is -1.13. The molecular formula is C18H33NO5. The molecule has 0 aromatic carbocycles. The number of aliphatic carboxylic acids is 1. The number of carboxylic acids is 1. The zero-order chi connectivity index (χ0) is 18.2. The van der Waals surface area contributed by atoms with Crippen LogP contribution in [0.4, 0.5) is 4.79 Å². The number of ketones is 1. The van der Waals surface area contributed by atoms with Crippen molar-refractivity contribution in [2.75, 3.05) is 6.61 Å². The maximum atomic E-state index is 11.5. The molecule has 0 spiro atoms. The Morgan fingerprint density at radius 3 is 1.88 bits per heavy atom. The number of hydrogen-bond donors (Lipinski definition) is 2. The largest absolute Gasteiger partial charge is 0.481 e. The molecule has 0 aromatic rings. The summed E-state index contributed by atoms with van der Waals surface area (Å²) in [6.45, 7) is 3.75. The number of Topliss-reactive ketones (excluding diaryl/α,β-unsaturated/α-hetero) is 1. The van der Waals surface area contributed by atoms with Crippen molar-refractivity contribution < 1.29 is 24.2 Å². The summed E-state index contributed by atoms with van der Waals surface area (Å²) < 4.78 is 4.98. The Kier molecular flexibility index (Phi) is 14.0. The summed E-state index contributed by atoms with van der Waals surface area (Å²) in [4.78, 5) is 33.4. The highest BCUT2D eigenvalue weighted by Crippen LogP contribution is 2.10. The summed E-state index contributed by atoms with van der Waals surface area (Å²) in [5, 5.41) is 11.0. The number of hydrogen-bond acceptors (Lipinski definition) is 4. The third-order valence-corrected chi connectivity index (χ3v) is 3.89. The van der Waals surface area contributed by atoms with Crippen LogP contribution in [0.5, 0.6) is 0 Å². The lowest BCUT2D eigenvalue weighted by Gasteiger charge is -2.13. The molecule has 0 saturated carbocycles. The summed E-state index contributed by atoms with van der Waals surface area (Å²) in [5.74, 6) is -1.53. The maximum absolute atomic E-state index is 11.5. The van der Waals surface area contributed by atoms with Gasteiger partial charge in [0.25, 0.3) is 0 Å². The van der Waals surface area contributed by atoms with Crippen LogP contribution in [0.25, 0.3) is 0 Å². The predicted octanol–water partition coefficient (Wildman–Crippen LogP) is 4.07. The monoisotopic (exact) mass is 343 g/mol. The average Bonchev–Trinajstić information content (AvgIpc) is 2.51. The summed E-state index contributed by atoms with van der Waals surface area (Å²) in [7, 11) is 0. The fourth-order valence-electron chi connectivity index (χ4n) is 2.41.